The first-order chi connectivity index (χ1) is 19.1. The molecule has 2 heterocycles. The van der Waals surface area contributed by atoms with Crippen molar-refractivity contribution in [3.05, 3.63) is 48.0 Å². The minimum atomic E-state index is -0.941. The first-order valence-corrected chi connectivity index (χ1v) is 13.8. The van der Waals surface area contributed by atoms with Crippen LogP contribution in [0.2, 0.25) is 0 Å². The SMILES string of the molecule is COc1ccc(OC)c([C@H](C(=O)NC2CCCCC2)N(C[C@@H]2CCCO2)C(=O)Cn2nnc3ccccc32)c1. The fraction of sp³-hybridized carbons (Fsp3) is 0.517. The average molecular weight is 536 g/mol. The van der Waals surface area contributed by atoms with Gasteiger partial charge in [0.15, 0.2) is 0 Å². The summed E-state index contributed by atoms with van der Waals surface area (Å²) >= 11 is 0. The molecule has 2 fully saturated rings. The maximum Gasteiger partial charge on any atom is 0.247 e. The number of rotatable bonds is 10. The van der Waals surface area contributed by atoms with E-state index >= 15 is 0 Å². The quantitative estimate of drug-likeness (QED) is 0.422. The molecule has 1 N–H and O–H groups in total. The Morgan fingerprint density at radius 2 is 1.90 bits per heavy atom. The van der Waals surface area contributed by atoms with Crippen molar-refractivity contribution in [2.75, 3.05) is 27.4 Å². The lowest BCUT2D eigenvalue weighted by molar-refractivity contribution is -0.143. The Bertz CT molecular complexity index is 1280. The van der Waals surface area contributed by atoms with E-state index in [1.165, 1.54) is 6.42 Å². The topological polar surface area (TPSA) is 108 Å². The number of hydrogen-bond donors (Lipinski definition) is 1. The largest absolute Gasteiger partial charge is 0.497 e. The van der Waals surface area contributed by atoms with Gasteiger partial charge in [-0.15, -0.1) is 5.10 Å². The molecule has 0 radical (unpaired) electrons. The monoisotopic (exact) mass is 535 g/mol. The molecule has 208 valence electrons. The number of methoxy groups -OCH3 is 2. The third-order valence-electron chi connectivity index (χ3n) is 7.69. The Balaban J connectivity index is 1.54. The summed E-state index contributed by atoms with van der Waals surface area (Å²) in [5.74, 6) is 0.599. The summed E-state index contributed by atoms with van der Waals surface area (Å²) in [6.45, 7) is 0.850. The Morgan fingerprint density at radius 1 is 1.08 bits per heavy atom. The molecule has 3 aromatic rings. The van der Waals surface area contributed by atoms with Crippen molar-refractivity contribution >= 4 is 22.8 Å². The van der Waals surface area contributed by atoms with Crippen LogP contribution in [0.3, 0.4) is 0 Å². The van der Waals surface area contributed by atoms with Gasteiger partial charge in [-0.3, -0.25) is 9.59 Å². The van der Waals surface area contributed by atoms with Crippen LogP contribution in [0.25, 0.3) is 11.0 Å². The number of benzene rings is 2. The molecule has 0 unspecified atom stereocenters. The van der Waals surface area contributed by atoms with Gasteiger partial charge in [-0.1, -0.05) is 36.6 Å². The molecule has 1 saturated heterocycles. The highest BCUT2D eigenvalue weighted by atomic mass is 16.5. The van der Waals surface area contributed by atoms with Crippen LogP contribution in [0.1, 0.15) is 56.6 Å². The zero-order chi connectivity index (χ0) is 27.2. The van der Waals surface area contributed by atoms with Crippen molar-refractivity contribution in [1.82, 2.24) is 25.2 Å². The number of nitrogens with one attached hydrogen (secondary N) is 1. The number of carbonyl (C=O) groups is 2. The average Bonchev–Trinajstić information content (AvgIpc) is 3.63. The van der Waals surface area contributed by atoms with E-state index in [0.29, 0.717) is 29.2 Å². The molecule has 39 heavy (non-hydrogen) atoms. The molecular weight excluding hydrogens is 498 g/mol. The van der Waals surface area contributed by atoms with Gasteiger partial charge in [0.2, 0.25) is 11.8 Å². The lowest BCUT2D eigenvalue weighted by Gasteiger charge is -2.35. The summed E-state index contributed by atoms with van der Waals surface area (Å²) in [5.41, 5.74) is 2.03. The van der Waals surface area contributed by atoms with Gasteiger partial charge in [0.05, 0.1) is 25.8 Å². The number of fused-ring (bicyclic) bond motifs is 1. The molecule has 2 amide bonds. The number of hydrogen-bond acceptors (Lipinski definition) is 7. The summed E-state index contributed by atoms with van der Waals surface area (Å²) in [4.78, 5) is 29.9. The molecule has 1 aliphatic heterocycles. The van der Waals surface area contributed by atoms with Crippen LogP contribution in [0.5, 0.6) is 11.5 Å². The van der Waals surface area contributed by atoms with E-state index in [4.69, 9.17) is 14.2 Å². The number of amides is 2. The van der Waals surface area contributed by atoms with Gasteiger partial charge >= 0.3 is 0 Å². The predicted octanol–water partition coefficient (Wildman–Crippen LogP) is 3.65. The zero-order valence-corrected chi connectivity index (χ0v) is 22.7. The fourth-order valence-corrected chi connectivity index (χ4v) is 5.64. The van der Waals surface area contributed by atoms with Gasteiger partial charge in [-0.2, -0.15) is 0 Å². The lowest BCUT2D eigenvalue weighted by Crippen LogP contribution is -2.50. The second-order valence-electron chi connectivity index (χ2n) is 10.3. The van der Waals surface area contributed by atoms with Gasteiger partial charge in [-0.25, -0.2) is 4.68 Å². The third kappa shape index (κ3) is 6.16. The number of carbonyl (C=O) groups excluding carboxylic acids is 2. The molecule has 5 rings (SSSR count). The number of para-hydroxylation sites is 1. The molecule has 1 aliphatic carbocycles. The van der Waals surface area contributed by atoms with Crippen molar-refractivity contribution in [3.63, 3.8) is 0 Å². The van der Waals surface area contributed by atoms with Crippen LogP contribution in [-0.4, -0.2) is 71.2 Å². The Hall–Kier alpha value is -3.66. The Morgan fingerprint density at radius 3 is 2.64 bits per heavy atom. The van der Waals surface area contributed by atoms with Gasteiger partial charge in [0, 0.05) is 24.8 Å². The highest BCUT2D eigenvalue weighted by Crippen LogP contribution is 2.35. The van der Waals surface area contributed by atoms with E-state index in [1.54, 1.807) is 42.0 Å². The standard InChI is InChI=1S/C29H37N5O5/c1-37-21-14-15-26(38-2)23(17-21)28(29(36)30-20-9-4-3-5-10-20)33(18-22-11-8-16-39-22)27(35)19-34-25-13-7-6-12-24(25)31-32-34/h6-7,12-15,17,20,22,28H,3-5,8-11,16,18-19H2,1-2H3,(H,30,36)/t22-,28+/m0/s1. The second-order valence-corrected chi connectivity index (χ2v) is 10.3. The maximum atomic E-state index is 14.1. The van der Waals surface area contributed by atoms with Gasteiger partial charge in [0.25, 0.3) is 0 Å². The van der Waals surface area contributed by atoms with Gasteiger partial charge in [0.1, 0.15) is 29.6 Å². The summed E-state index contributed by atoms with van der Waals surface area (Å²) in [6, 6.07) is 12.0. The molecule has 1 saturated carbocycles. The van der Waals surface area contributed by atoms with E-state index in [1.807, 2.05) is 24.3 Å². The highest BCUT2D eigenvalue weighted by molar-refractivity contribution is 5.90. The van der Waals surface area contributed by atoms with Gasteiger partial charge in [-0.05, 0) is 56.0 Å². The molecule has 2 aliphatic rings. The predicted molar refractivity (Wildman–Crippen MR) is 146 cm³/mol. The number of nitrogens with zero attached hydrogens (tertiary/aromatic N) is 4. The van der Waals surface area contributed by atoms with Crippen molar-refractivity contribution < 1.29 is 23.8 Å². The molecule has 10 nitrogen and oxygen atoms in total. The number of ether oxygens (including phenoxy) is 3. The molecule has 2 aromatic carbocycles. The summed E-state index contributed by atoms with van der Waals surface area (Å²) < 4.78 is 18.7. The highest BCUT2D eigenvalue weighted by Gasteiger charge is 2.37. The van der Waals surface area contributed by atoms with Crippen molar-refractivity contribution in [1.29, 1.82) is 0 Å². The lowest BCUT2D eigenvalue weighted by atomic mass is 9.94. The normalized spacial score (nSPS) is 18.6. The van der Waals surface area contributed by atoms with E-state index in [9.17, 15) is 9.59 Å². The third-order valence-corrected chi connectivity index (χ3v) is 7.69. The van der Waals surface area contributed by atoms with E-state index in [0.717, 1.165) is 44.0 Å². The van der Waals surface area contributed by atoms with E-state index in [-0.39, 0.29) is 37.0 Å². The molecule has 1 aromatic heterocycles. The van der Waals surface area contributed by atoms with Crippen molar-refractivity contribution in [2.45, 2.75) is 69.7 Å². The molecule has 0 bridgehead atoms. The van der Waals surface area contributed by atoms with Crippen LogP contribution in [0.4, 0.5) is 0 Å². The molecule has 2 atom stereocenters. The van der Waals surface area contributed by atoms with Crippen molar-refractivity contribution in [2.24, 2.45) is 0 Å². The van der Waals surface area contributed by atoms with Crippen LogP contribution < -0.4 is 14.8 Å². The van der Waals surface area contributed by atoms with Crippen LogP contribution in [0, 0.1) is 0 Å². The Labute approximate surface area is 228 Å². The first-order valence-electron chi connectivity index (χ1n) is 13.8. The van der Waals surface area contributed by atoms with Crippen LogP contribution in [-0.2, 0) is 20.9 Å². The fourth-order valence-electron chi connectivity index (χ4n) is 5.64. The summed E-state index contributed by atoms with van der Waals surface area (Å²) in [5, 5.41) is 11.7. The van der Waals surface area contributed by atoms with Crippen molar-refractivity contribution in [3.8, 4) is 11.5 Å². The van der Waals surface area contributed by atoms with Crippen LogP contribution in [0.15, 0.2) is 42.5 Å². The smallest absolute Gasteiger partial charge is 0.247 e. The summed E-state index contributed by atoms with van der Waals surface area (Å²) in [7, 11) is 3.14. The first kappa shape index (κ1) is 26.9. The summed E-state index contributed by atoms with van der Waals surface area (Å²) in [6.07, 6.45) is 6.77. The minimum Gasteiger partial charge on any atom is -0.497 e. The maximum absolute atomic E-state index is 14.1. The van der Waals surface area contributed by atoms with E-state index < -0.39 is 6.04 Å². The zero-order valence-electron chi connectivity index (χ0n) is 22.7. The molecule has 0 spiro atoms. The molecular formula is C29H37N5O5. The Kier molecular flexibility index (Phi) is 8.61. The minimum absolute atomic E-state index is 0.0628. The number of aromatic nitrogens is 3. The van der Waals surface area contributed by atoms with Gasteiger partial charge < -0.3 is 24.4 Å². The molecule has 10 heteroatoms. The van der Waals surface area contributed by atoms with Crippen LogP contribution >= 0.6 is 0 Å². The van der Waals surface area contributed by atoms with E-state index in [2.05, 4.69) is 15.6 Å². The second kappa shape index (κ2) is 12.5.